The van der Waals surface area contributed by atoms with Crippen molar-refractivity contribution in [1.82, 2.24) is 0 Å². The van der Waals surface area contributed by atoms with E-state index in [1.54, 1.807) is 0 Å². The number of halogens is 5. The van der Waals surface area contributed by atoms with E-state index in [4.69, 9.17) is 4.74 Å². The Kier molecular flexibility index (Phi) is 8.58. The minimum Gasteiger partial charge on any atom is -0.378 e. The van der Waals surface area contributed by atoms with Crippen LogP contribution in [0.5, 0.6) is 0 Å². The highest BCUT2D eigenvalue weighted by Crippen LogP contribution is 2.43. The van der Waals surface area contributed by atoms with Crippen LogP contribution in [0.15, 0.2) is 12.1 Å². The Balaban J connectivity index is 1.18. The predicted octanol–water partition coefficient (Wildman–Crippen LogP) is 9.05. The fourth-order valence-corrected chi connectivity index (χ4v) is 6.83. The third-order valence-electron chi connectivity index (χ3n) is 9.09. The van der Waals surface area contributed by atoms with Crippen molar-refractivity contribution in [1.29, 1.82) is 0 Å². The van der Waals surface area contributed by atoms with E-state index in [2.05, 4.69) is 6.92 Å². The minimum atomic E-state index is -5.02. The molecule has 0 aliphatic heterocycles. The Bertz CT molecular complexity index is 759. The molecule has 0 amide bonds. The molecule has 3 aliphatic rings. The second-order valence-corrected chi connectivity index (χ2v) is 11.1. The molecule has 0 N–H and O–H groups in total. The smallest absolute Gasteiger partial charge is 0.378 e. The molecule has 3 fully saturated rings. The van der Waals surface area contributed by atoms with E-state index in [9.17, 15) is 22.0 Å². The van der Waals surface area contributed by atoms with Crippen LogP contribution >= 0.6 is 0 Å². The van der Waals surface area contributed by atoms with Gasteiger partial charge in [0, 0.05) is 6.61 Å². The highest BCUT2D eigenvalue weighted by molar-refractivity contribution is 5.30. The summed E-state index contributed by atoms with van der Waals surface area (Å²) in [6.07, 6.45) is 10.2. The van der Waals surface area contributed by atoms with Gasteiger partial charge in [0.1, 0.15) is 17.2 Å². The lowest BCUT2D eigenvalue weighted by Gasteiger charge is -2.38. The number of ether oxygens (including phenoxy) is 1. The Morgan fingerprint density at radius 2 is 1.24 bits per heavy atom. The fourth-order valence-electron chi connectivity index (χ4n) is 6.83. The molecule has 0 radical (unpaired) electrons. The van der Waals surface area contributed by atoms with E-state index >= 15 is 0 Å². The minimum absolute atomic E-state index is 0.121. The van der Waals surface area contributed by atoms with Crippen LogP contribution in [-0.2, 0) is 10.9 Å². The first-order chi connectivity index (χ1) is 16.2. The molecule has 3 aliphatic carbocycles. The maximum Gasteiger partial charge on any atom is 0.422 e. The lowest BCUT2D eigenvalue weighted by atomic mass is 9.69. The molecule has 34 heavy (non-hydrogen) atoms. The summed E-state index contributed by atoms with van der Waals surface area (Å²) in [6.45, 7) is 3.10. The first-order valence-corrected chi connectivity index (χ1v) is 13.4. The zero-order valence-corrected chi connectivity index (χ0v) is 20.3. The van der Waals surface area contributed by atoms with Crippen molar-refractivity contribution < 1.29 is 26.7 Å². The molecule has 0 bridgehead atoms. The summed E-state index contributed by atoms with van der Waals surface area (Å²) >= 11 is 0. The van der Waals surface area contributed by atoms with Crippen molar-refractivity contribution >= 4 is 0 Å². The molecule has 0 saturated heterocycles. The zero-order valence-electron chi connectivity index (χ0n) is 20.3. The highest BCUT2D eigenvalue weighted by Gasteiger charge is 2.38. The van der Waals surface area contributed by atoms with Gasteiger partial charge in [-0.25, -0.2) is 8.78 Å². The molecule has 6 heteroatoms. The van der Waals surface area contributed by atoms with Crippen molar-refractivity contribution in [3.8, 4) is 0 Å². The summed E-state index contributed by atoms with van der Waals surface area (Å²) in [6, 6.07) is 1.73. The quantitative estimate of drug-likeness (QED) is 0.365. The lowest BCUT2D eigenvalue weighted by Crippen LogP contribution is -2.29. The zero-order chi connectivity index (χ0) is 24.3. The van der Waals surface area contributed by atoms with Gasteiger partial charge < -0.3 is 4.74 Å². The number of benzene rings is 1. The van der Waals surface area contributed by atoms with Gasteiger partial charge in [0.2, 0.25) is 0 Å². The van der Waals surface area contributed by atoms with Crippen LogP contribution in [-0.4, -0.2) is 12.7 Å². The lowest BCUT2D eigenvalue weighted by molar-refractivity contribution is -0.142. The molecule has 192 valence electrons. The van der Waals surface area contributed by atoms with Crippen LogP contribution in [0.25, 0.3) is 0 Å². The van der Waals surface area contributed by atoms with E-state index in [1.807, 2.05) is 0 Å². The van der Waals surface area contributed by atoms with Crippen molar-refractivity contribution in [3.63, 3.8) is 0 Å². The van der Waals surface area contributed by atoms with E-state index in [0.29, 0.717) is 24.3 Å². The Labute approximate surface area is 200 Å². The second kappa shape index (κ2) is 11.3. The first kappa shape index (κ1) is 25.9. The molecule has 3 saturated carbocycles. The van der Waals surface area contributed by atoms with Gasteiger partial charge in [-0.15, -0.1) is 0 Å². The normalized spacial score (nSPS) is 33.1. The van der Waals surface area contributed by atoms with Gasteiger partial charge in [-0.2, -0.15) is 13.2 Å². The molecule has 1 aromatic rings. The summed E-state index contributed by atoms with van der Waals surface area (Å²) in [5, 5.41) is 0. The standard InChI is InChI=1S/C28H39F5O/c1-2-18-3-7-20(8-4-18)21-9-5-19(6-10-21)17-34-24-13-11-22(12-14-24)23-15-25(29)27(26(30)16-23)28(31,32)33/h15-16,18-22,24H,2-14,17H2,1H3. The summed E-state index contributed by atoms with van der Waals surface area (Å²) in [7, 11) is 0. The topological polar surface area (TPSA) is 9.23 Å². The molecule has 1 nitrogen and oxygen atoms in total. The van der Waals surface area contributed by atoms with Crippen LogP contribution in [0, 0.1) is 35.3 Å². The van der Waals surface area contributed by atoms with Gasteiger partial charge in [0.15, 0.2) is 0 Å². The van der Waals surface area contributed by atoms with Crippen LogP contribution < -0.4 is 0 Å². The molecule has 0 heterocycles. The molecule has 4 rings (SSSR count). The van der Waals surface area contributed by atoms with Gasteiger partial charge in [0.05, 0.1) is 6.10 Å². The van der Waals surface area contributed by atoms with Crippen LogP contribution in [0.4, 0.5) is 22.0 Å². The Morgan fingerprint density at radius 1 is 0.735 bits per heavy atom. The third kappa shape index (κ3) is 6.33. The average molecular weight is 487 g/mol. The summed E-state index contributed by atoms with van der Waals surface area (Å²) in [4.78, 5) is 0. The van der Waals surface area contributed by atoms with E-state index < -0.39 is 23.4 Å². The number of alkyl halides is 3. The van der Waals surface area contributed by atoms with Gasteiger partial charge >= 0.3 is 6.18 Å². The van der Waals surface area contributed by atoms with Gasteiger partial charge in [-0.1, -0.05) is 26.2 Å². The van der Waals surface area contributed by atoms with Gasteiger partial charge in [0.25, 0.3) is 0 Å². The molecule has 0 spiro atoms. The third-order valence-corrected chi connectivity index (χ3v) is 9.09. The van der Waals surface area contributed by atoms with Crippen molar-refractivity contribution in [2.24, 2.45) is 23.7 Å². The van der Waals surface area contributed by atoms with Crippen molar-refractivity contribution in [2.75, 3.05) is 6.61 Å². The van der Waals surface area contributed by atoms with Gasteiger partial charge in [-0.3, -0.25) is 0 Å². The molecule has 0 aromatic heterocycles. The Hall–Kier alpha value is -1.17. The molecular weight excluding hydrogens is 447 g/mol. The van der Waals surface area contributed by atoms with E-state index in [0.717, 1.165) is 49.3 Å². The molecule has 0 atom stereocenters. The average Bonchev–Trinajstić information content (AvgIpc) is 2.82. The first-order valence-electron chi connectivity index (χ1n) is 13.4. The number of hydrogen-bond acceptors (Lipinski definition) is 1. The SMILES string of the molecule is CCC1CCC(C2CCC(COC3CCC(c4cc(F)c(C(F)(F)F)c(F)c4)CC3)CC2)CC1. The number of hydrogen-bond donors (Lipinski definition) is 0. The second-order valence-electron chi connectivity index (χ2n) is 11.1. The number of rotatable bonds is 6. The van der Waals surface area contributed by atoms with E-state index in [-0.39, 0.29) is 12.0 Å². The highest BCUT2D eigenvalue weighted by atomic mass is 19.4. The summed E-state index contributed by atoms with van der Waals surface area (Å²) < 4.78 is 72.6. The van der Waals surface area contributed by atoms with Gasteiger partial charge in [-0.05, 0) is 111 Å². The van der Waals surface area contributed by atoms with E-state index in [1.165, 1.54) is 57.8 Å². The summed E-state index contributed by atoms with van der Waals surface area (Å²) in [5.41, 5.74) is -1.47. The summed E-state index contributed by atoms with van der Waals surface area (Å²) in [5.74, 6) is 0.246. The van der Waals surface area contributed by atoms with Crippen molar-refractivity contribution in [3.05, 3.63) is 34.9 Å². The van der Waals surface area contributed by atoms with Crippen LogP contribution in [0.2, 0.25) is 0 Å². The largest absolute Gasteiger partial charge is 0.422 e. The predicted molar refractivity (Wildman–Crippen MR) is 123 cm³/mol. The van der Waals surface area contributed by atoms with Crippen LogP contribution in [0.1, 0.15) is 107 Å². The molecule has 1 aromatic carbocycles. The maximum absolute atomic E-state index is 14.0. The maximum atomic E-state index is 14.0. The van der Waals surface area contributed by atoms with Crippen LogP contribution in [0.3, 0.4) is 0 Å². The van der Waals surface area contributed by atoms with Crippen molar-refractivity contribution in [2.45, 2.75) is 109 Å². The molecule has 0 unspecified atom stereocenters. The Morgan fingerprint density at radius 3 is 1.71 bits per heavy atom. The molecular formula is C28H39F5O. The monoisotopic (exact) mass is 486 g/mol. The fraction of sp³-hybridized carbons (Fsp3) is 0.786.